The number of hydrogen-bond donors (Lipinski definition) is 3. The molecular weight excluding hydrogens is 236 g/mol. The number of carbonyl (C=O) groups is 1. The number of hydrogen-bond acceptors (Lipinski definition) is 4. The van der Waals surface area contributed by atoms with E-state index in [1.807, 2.05) is 6.07 Å². The number of benzene rings is 1. The van der Waals surface area contributed by atoms with Gasteiger partial charge in [0.05, 0.1) is 0 Å². The molecule has 5 N–H and O–H groups in total. The molecule has 1 aromatic carbocycles. The van der Waals surface area contributed by atoms with Gasteiger partial charge >= 0.3 is 5.97 Å². The third-order valence-corrected chi connectivity index (χ3v) is 2.15. The van der Waals surface area contributed by atoms with Gasteiger partial charge in [-0.05, 0) is 0 Å². The van der Waals surface area contributed by atoms with Crippen molar-refractivity contribution in [2.75, 3.05) is 0 Å². The molecule has 0 saturated heterocycles. The predicted molar refractivity (Wildman–Crippen MR) is 64.4 cm³/mol. The maximum Gasteiger partial charge on any atom is 0.360 e. The molecule has 0 unspecified atom stereocenters. The molecule has 0 fully saturated rings. The van der Waals surface area contributed by atoms with E-state index in [1.165, 1.54) is 0 Å². The molecule has 0 bridgehead atoms. The van der Waals surface area contributed by atoms with Crippen LogP contribution in [0.3, 0.4) is 0 Å². The quantitative estimate of drug-likeness (QED) is 0.546. The second-order valence-corrected chi connectivity index (χ2v) is 3.42. The number of nitrogens with zero attached hydrogens (tertiary/aromatic N) is 2. The van der Waals surface area contributed by atoms with Crippen molar-refractivity contribution in [3.63, 3.8) is 0 Å². The normalized spacial score (nSPS) is 10.0. The van der Waals surface area contributed by atoms with Gasteiger partial charge in [-0.15, -0.1) is 0 Å². The highest BCUT2D eigenvalue weighted by Gasteiger charge is 2.22. The van der Waals surface area contributed by atoms with Crippen molar-refractivity contribution >= 4 is 17.6 Å². The first-order chi connectivity index (χ1) is 8.59. The van der Waals surface area contributed by atoms with E-state index in [0.717, 1.165) is 0 Å². The third kappa shape index (κ3) is 2.14. The van der Waals surface area contributed by atoms with E-state index in [4.69, 9.17) is 21.1 Å². The largest absolute Gasteiger partial charge is 0.476 e. The van der Waals surface area contributed by atoms with Crippen molar-refractivity contribution < 1.29 is 14.4 Å². The van der Waals surface area contributed by atoms with Crippen molar-refractivity contribution in [2.45, 2.75) is 0 Å². The summed E-state index contributed by atoms with van der Waals surface area (Å²) >= 11 is 0. The van der Waals surface area contributed by atoms with Gasteiger partial charge in [0.25, 0.3) is 0 Å². The van der Waals surface area contributed by atoms with Crippen LogP contribution in [-0.2, 0) is 0 Å². The number of aromatic nitrogens is 1. The van der Waals surface area contributed by atoms with Gasteiger partial charge in [0.2, 0.25) is 5.69 Å². The zero-order valence-electron chi connectivity index (χ0n) is 9.20. The lowest BCUT2D eigenvalue weighted by atomic mass is 10.1. The second kappa shape index (κ2) is 4.58. The highest BCUT2D eigenvalue weighted by Crippen LogP contribution is 2.33. The maximum absolute atomic E-state index is 11.0. The fourth-order valence-corrected chi connectivity index (χ4v) is 1.44. The molecule has 18 heavy (non-hydrogen) atoms. The van der Waals surface area contributed by atoms with Crippen LogP contribution in [0.1, 0.15) is 10.5 Å². The first-order valence-electron chi connectivity index (χ1n) is 4.97. The molecule has 2 aromatic rings. The van der Waals surface area contributed by atoms with Crippen molar-refractivity contribution in [2.24, 2.45) is 16.5 Å². The summed E-state index contributed by atoms with van der Waals surface area (Å²) in [6, 6.07) is 8.84. The predicted octanol–water partition coefficient (Wildman–Crippen LogP) is 0.945. The van der Waals surface area contributed by atoms with Crippen molar-refractivity contribution in [3.05, 3.63) is 36.0 Å². The number of guanidine groups is 1. The Labute approximate surface area is 102 Å². The molecule has 2 rings (SSSR count). The van der Waals surface area contributed by atoms with Crippen molar-refractivity contribution in [1.82, 2.24) is 5.16 Å². The van der Waals surface area contributed by atoms with E-state index in [9.17, 15) is 4.79 Å². The van der Waals surface area contributed by atoms with Crippen LogP contribution in [0.25, 0.3) is 11.3 Å². The number of rotatable bonds is 3. The molecule has 7 nitrogen and oxygen atoms in total. The summed E-state index contributed by atoms with van der Waals surface area (Å²) in [5, 5.41) is 12.4. The number of nitrogens with two attached hydrogens (primary N) is 2. The summed E-state index contributed by atoms with van der Waals surface area (Å²) in [5.41, 5.74) is 10.8. The Hall–Kier alpha value is -2.83. The number of carboxylic acid groups (broad SMARTS) is 1. The van der Waals surface area contributed by atoms with Crippen LogP contribution >= 0.6 is 0 Å². The number of aromatic carboxylic acids is 1. The summed E-state index contributed by atoms with van der Waals surface area (Å²) in [6.07, 6.45) is 0. The van der Waals surface area contributed by atoms with Crippen LogP contribution < -0.4 is 11.5 Å². The average Bonchev–Trinajstić information content (AvgIpc) is 2.73. The summed E-state index contributed by atoms with van der Waals surface area (Å²) in [7, 11) is 0. The molecule has 0 amide bonds. The average molecular weight is 246 g/mol. The van der Waals surface area contributed by atoms with Gasteiger partial charge in [-0.2, -0.15) is 0 Å². The molecule has 0 aliphatic carbocycles. The molecule has 7 heteroatoms. The van der Waals surface area contributed by atoms with Gasteiger partial charge in [-0.3, -0.25) is 0 Å². The summed E-state index contributed by atoms with van der Waals surface area (Å²) in [5.74, 6) is -1.32. The number of carboxylic acids is 1. The lowest BCUT2D eigenvalue weighted by molar-refractivity contribution is 0.0686. The standard InChI is InChI=1S/C11H10N4O3/c12-11(13)14-7-8(10(16)17)15-18-9(7)6-4-2-1-3-5-6/h1-5H,(H,16,17)(H4,12,13,14). The first kappa shape index (κ1) is 11.6. The number of aliphatic imine (C=N–C) groups is 1. The van der Waals surface area contributed by atoms with Crippen LogP contribution in [0.15, 0.2) is 39.8 Å². The van der Waals surface area contributed by atoms with Gasteiger partial charge in [0, 0.05) is 5.56 Å². The second-order valence-electron chi connectivity index (χ2n) is 3.42. The van der Waals surface area contributed by atoms with E-state index in [-0.39, 0.29) is 23.1 Å². The Bertz CT molecular complexity index is 600. The van der Waals surface area contributed by atoms with Crippen molar-refractivity contribution in [3.8, 4) is 11.3 Å². The summed E-state index contributed by atoms with van der Waals surface area (Å²) in [4.78, 5) is 14.7. The lowest BCUT2D eigenvalue weighted by Gasteiger charge is -1.97. The van der Waals surface area contributed by atoms with Gasteiger partial charge in [-0.1, -0.05) is 35.5 Å². The maximum atomic E-state index is 11.0. The van der Waals surface area contributed by atoms with E-state index in [2.05, 4.69) is 10.1 Å². The van der Waals surface area contributed by atoms with E-state index < -0.39 is 5.97 Å². The van der Waals surface area contributed by atoms with Crippen LogP contribution in [-0.4, -0.2) is 22.2 Å². The first-order valence-corrected chi connectivity index (χ1v) is 4.97. The van der Waals surface area contributed by atoms with E-state index >= 15 is 0 Å². The SMILES string of the molecule is NC(N)=Nc1c(C(=O)O)noc1-c1ccccc1. The summed E-state index contributed by atoms with van der Waals surface area (Å²) < 4.78 is 5.00. The van der Waals surface area contributed by atoms with Crippen LogP contribution in [0.2, 0.25) is 0 Å². The van der Waals surface area contributed by atoms with Crippen LogP contribution in [0.5, 0.6) is 0 Å². The molecule has 0 atom stereocenters. The van der Waals surface area contributed by atoms with Gasteiger partial charge in [0.1, 0.15) is 5.69 Å². The fraction of sp³-hybridized carbons (Fsp3) is 0. The molecule has 0 spiro atoms. The van der Waals surface area contributed by atoms with Gasteiger partial charge < -0.3 is 21.1 Å². The molecule has 0 aliphatic rings. The smallest absolute Gasteiger partial charge is 0.360 e. The minimum atomic E-state index is -1.26. The molecule has 1 heterocycles. The van der Waals surface area contributed by atoms with Crippen LogP contribution in [0.4, 0.5) is 5.69 Å². The van der Waals surface area contributed by atoms with Crippen LogP contribution in [0, 0.1) is 0 Å². The molecular formula is C11H10N4O3. The molecule has 1 aromatic heterocycles. The van der Waals surface area contributed by atoms with Gasteiger partial charge in [-0.25, -0.2) is 9.79 Å². The third-order valence-electron chi connectivity index (χ3n) is 2.15. The van der Waals surface area contributed by atoms with E-state index in [0.29, 0.717) is 5.56 Å². The van der Waals surface area contributed by atoms with Crippen molar-refractivity contribution in [1.29, 1.82) is 0 Å². The van der Waals surface area contributed by atoms with E-state index in [1.54, 1.807) is 24.3 Å². The zero-order chi connectivity index (χ0) is 13.1. The fourth-order valence-electron chi connectivity index (χ4n) is 1.44. The minimum absolute atomic E-state index is 0.00806. The Balaban J connectivity index is 2.62. The Morgan fingerprint density at radius 3 is 2.50 bits per heavy atom. The highest BCUT2D eigenvalue weighted by atomic mass is 16.5. The molecule has 0 radical (unpaired) electrons. The Kier molecular flexibility index (Phi) is 2.96. The molecule has 0 aliphatic heterocycles. The Morgan fingerprint density at radius 1 is 1.28 bits per heavy atom. The zero-order valence-corrected chi connectivity index (χ0v) is 9.20. The molecule has 0 saturated carbocycles. The molecule has 92 valence electrons. The topological polar surface area (TPSA) is 128 Å². The Morgan fingerprint density at radius 2 is 1.94 bits per heavy atom. The lowest BCUT2D eigenvalue weighted by Crippen LogP contribution is -2.22. The summed E-state index contributed by atoms with van der Waals surface area (Å²) in [6.45, 7) is 0. The highest BCUT2D eigenvalue weighted by molar-refractivity contribution is 5.96. The monoisotopic (exact) mass is 246 g/mol. The minimum Gasteiger partial charge on any atom is -0.476 e. The van der Waals surface area contributed by atoms with Gasteiger partial charge in [0.15, 0.2) is 11.7 Å².